The Kier molecular flexibility index (Phi) is 8.83. The van der Waals surface area contributed by atoms with Crippen LogP contribution in [0.1, 0.15) is 44.5 Å². The van der Waals surface area contributed by atoms with Crippen molar-refractivity contribution in [2.75, 3.05) is 0 Å². The Morgan fingerprint density at radius 1 is 0.415 bits per heavy atom. The zero-order chi connectivity index (χ0) is 37.1. The van der Waals surface area contributed by atoms with Crippen molar-refractivity contribution < 1.29 is 0 Å². The Morgan fingerprint density at radius 2 is 0.774 bits per heavy atom. The maximum atomic E-state index is 2.57. The lowest BCUT2D eigenvalue weighted by Gasteiger charge is -2.39. The molecule has 0 aromatic heterocycles. The Balaban J connectivity index is 1.34. The Labute approximate surface area is 320 Å². The molecule has 53 heavy (non-hydrogen) atoms. The van der Waals surface area contributed by atoms with Crippen LogP contribution in [0.4, 0.5) is 0 Å². The molecule has 0 saturated heterocycles. The summed E-state index contributed by atoms with van der Waals surface area (Å²) in [7, 11) is -2.78. The molecule has 0 amide bonds. The van der Waals surface area contributed by atoms with E-state index in [0.717, 1.165) is 12.8 Å². The van der Waals surface area contributed by atoms with Crippen molar-refractivity contribution in [2.24, 2.45) is 0 Å². The predicted octanol–water partition coefficient (Wildman–Crippen LogP) is 12.3. The van der Waals surface area contributed by atoms with Crippen LogP contribution in [-0.4, -0.2) is 16.1 Å². The molecule has 0 radical (unpaired) electrons. The van der Waals surface area contributed by atoms with E-state index in [9.17, 15) is 0 Å². The third-order valence-electron chi connectivity index (χ3n) is 11.8. The molecule has 2 heteroatoms. The van der Waals surface area contributed by atoms with Crippen molar-refractivity contribution in [3.63, 3.8) is 0 Å². The molecule has 0 unspecified atom stereocenters. The molecule has 0 saturated carbocycles. The van der Waals surface area contributed by atoms with Crippen LogP contribution in [0.15, 0.2) is 145 Å². The van der Waals surface area contributed by atoms with E-state index >= 15 is 0 Å². The molecule has 0 N–H and O–H groups in total. The molecule has 6 aromatic carbocycles. The van der Waals surface area contributed by atoms with Crippen LogP contribution in [0.5, 0.6) is 0 Å². The second-order valence-corrected chi connectivity index (χ2v) is 27.7. The molecule has 2 aliphatic rings. The molecule has 8 rings (SSSR count). The highest BCUT2D eigenvalue weighted by atomic mass is 28.3. The molecule has 2 aliphatic carbocycles. The Morgan fingerprint density at radius 3 is 1.11 bits per heavy atom. The normalized spacial score (nSPS) is 14.1. The van der Waals surface area contributed by atoms with E-state index in [1.807, 2.05) is 0 Å². The quantitative estimate of drug-likeness (QED) is 0.137. The smallest absolute Gasteiger partial charge is 0.0656 e. The van der Waals surface area contributed by atoms with Gasteiger partial charge in [0.2, 0.25) is 0 Å². The van der Waals surface area contributed by atoms with Gasteiger partial charge in [-0.25, -0.2) is 0 Å². The fourth-order valence-electron chi connectivity index (χ4n) is 8.74. The molecule has 0 atom stereocenters. The standard InChI is InChI=1S/C51H52Si2/c1-35-15-23-41(24-16-35)51(42-25-17-36(2)18-26-42,43-31-39-11-9-13-47(49(39)33-43)37-19-27-45(28-20-37)52(3,4)5)44-32-40-12-10-14-48(50(40)34-44)38-21-29-46(30-22-38)53(6,7)8/h9-30,33-34H,31-32H2,1-8H3. The van der Waals surface area contributed by atoms with Gasteiger partial charge in [-0.05, 0) is 93.5 Å². The van der Waals surface area contributed by atoms with E-state index in [1.54, 1.807) is 0 Å². The van der Waals surface area contributed by atoms with Gasteiger partial charge in [-0.3, -0.25) is 0 Å². The summed E-state index contributed by atoms with van der Waals surface area (Å²) in [5.41, 5.74) is 18.5. The SMILES string of the molecule is Cc1ccc(C(C2=Cc3c(cccc3-c3ccc([Si](C)(C)C)cc3)C2)(C2=Cc3c(cccc3-c3ccc([Si](C)(C)C)cc3)C2)c2ccc(C)cc2)cc1. The highest BCUT2D eigenvalue weighted by Gasteiger charge is 2.45. The topological polar surface area (TPSA) is 0 Å². The third kappa shape index (κ3) is 6.36. The molecule has 6 aromatic rings. The number of benzene rings is 6. The number of hydrogen-bond donors (Lipinski definition) is 0. The first kappa shape index (κ1) is 35.3. The van der Waals surface area contributed by atoms with Gasteiger partial charge in [-0.15, -0.1) is 0 Å². The fourth-order valence-corrected chi connectivity index (χ4v) is 11.1. The highest BCUT2D eigenvalue weighted by molar-refractivity contribution is 6.89. The third-order valence-corrected chi connectivity index (χ3v) is 16.0. The second kappa shape index (κ2) is 13.3. The summed E-state index contributed by atoms with van der Waals surface area (Å²) in [5.74, 6) is 0. The summed E-state index contributed by atoms with van der Waals surface area (Å²) in [6, 6.07) is 51.6. The fraction of sp³-hybridized carbons (Fsp3) is 0.216. The maximum absolute atomic E-state index is 2.57. The first-order valence-corrected chi connectivity index (χ1v) is 26.3. The molecule has 0 heterocycles. The lowest BCUT2D eigenvalue weighted by molar-refractivity contribution is 0.684. The summed E-state index contributed by atoms with van der Waals surface area (Å²) < 4.78 is 0. The number of rotatable bonds is 8. The van der Waals surface area contributed by atoms with Crippen molar-refractivity contribution in [3.8, 4) is 22.3 Å². The highest BCUT2D eigenvalue weighted by Crippen LogP contribution is 2.54. The van der Waals surface area contributed by atoms with Crippen LogP contribution in [-0.2, 0) is 18.3 Å². The van der Waals surface area contributed by atoms with Gasteiger partial charge in [0.15, 0.2) is 0 Å². The second-order valence-electron chi connectivity index (χ2n) is 17.6. The maximum Gasteiger partial charge on any atom is 0.0775 e. The van der Waals surface area contributed by atoms with Crippen LogP contribution in [0.3, 0.4) is 0 Å². The van der Waals surface area contributed by atoms with E-state index in [1.165, 1.54) is 88.3 Å². The van der Waals surface area contributed by atoms with Crippen LogP contribution >= 0.6 is 0 Å². The minimum absolute atomic E-state index is 0.433. The van der Waals surface area contributed by atoms with Crippen LogP contribution in [0, 0.1) is 13.8 Å². The van der Waals surface area contributed by atoms with Gasteiger partial charge in [-0.1, -0.05) is 206 Å². The monoisotopic (exact) mass is 720 g/mol. The summed E-state index contributed by atoms with van der Waals surface area (Å²) in [4.78, 5) is 0. The van der Waals surface area contributed by atoms with Crippen molar-refractivity contribution >= 4 is 38.7 Å². The molecular formula is C51H52Si2. The lowest BCUT2D eigenvalue weighted by atomic mass is 9.63. The molecule has 0 nitrogen and oxygen atoms in total. The van der Waals surface area contributed by atoms with E-state index in [2.05, 4.69) is 199 Å². The van der Waals surface area contributed by atoms with Gasteiger partial charge in [0.05, 0.1) is 21.6 Å². The van der Waals surface area contributed by atoms with Gasteiger partial charge >= 0.3 is 0 Å². The summed E-state index contributed by atoms with van der Waals surface area (Å²) in [6.45, 7) is 19.0. The van der Waals surface area contributed by atoms with E-state index in [4.69, 9.17) is 0 Å². The van der Waals surface area contributed by atoms with E-state index in [-0.39, 0.29) is 0 Å². The zero-order valence-corrected chi connectivity index (χ0v) is 34.8. The average Bonchev–Trinajstić information content (AvgIpc) is 3.78. The summed E-state index contributed by atoms with van der Waals surface area (Å²) in [6.07, 6.45) is 6.96. The van der Waals surface area contributed by atoms with E-state index in [0.29, 0.717) is 0 Å². The summed E-state index contributed by atoms with van der Waals surface area (Å²) in [5, 5.41) is 3.00. The van der Waals surface area contributed by atoms with Crippen molar-refractivity contribution in [3.05, 3.63) is 189 Å². The molecular weight excluding hydrogens is 669 g/mol. The van der Waals surface area contributed by atoms with Gasteiger partial charge in [-0.2, -0.15) is 0 Å². The van der Waals surface area contributed by atoms with Gasteiger partial charge in [0.1, 0.15) is 0 Å². The number of allylic oxidation sites excluding steroid dienone is 2. The predicted molar refractivity (Wildman–Crippen MR) is 236 cm³/mol. The van der Waals surface area contributed by atoms with Gasteiger partial charge in [0.25, 0.3) is 0 Å². The molecule has 0 aliphatic heterocycles. The van der Waals surface area contributed by atoms with Crippen molar-refractivity contribution in [1.82, 2.24) is 0 Å². The van der Waals surface area contributed by atoms with Gasteiger partial charge in [0, 0.05) is 0 Å². The average molecular weight is 721 g/mol. The van der Waals surface area contributed by atoms with Crippen LogP contribution in [0.2, 0.25) is 39.3 Å². The van der Waals surface area contributed by atoms with Crippen molar-refractivity contribution in [2.45, 2.75) is 71.4 Å². The zero-order valence-electron chi connectivity index (χ0n) is 32.8. The van der Waals surface area contributed by atoms with Crippen molar-refractivity contribution in [1.29, 1.82) is 0 Å². The van der Waals surface area contributed by atoms with Gasteiger partial charge < -0.3 is 0 Å². The molecule has 0 spiro atoms. The lowest BCUT2D eigenvalue weighted by Crippen LogP contribution is -2.37. The number of aryl methyl sites for hydroxylation is 2. The molecule has 264 valence electrons. The van der Waals surface area contributed by atoms with E-state index < -0.39 is 21.6 Å². The van der Waals surface area contributed by atoms with Crippen LogP contribution in [0.25, 0.3) is 34.4 Å². The molecule has 0 bridgehead atoms. The molecule has 0 fully saturated rings. The van der Waals surface area contributed by atoms with Crippen LogP contribution < -0.4 is 10.4 Å². The first-order chi connectivity index (χ1) is 25.3. The first-order valence-electron chi connectivity index (χ1n) is 19.3. The largest absolute Gasteiger partial charge is 0.0775 e. The minimum atomic E-state index is -1.39. The minimum Gasteiger partial charge on any atom is -0.0656 e. The Bertz CT molecular complexity index is 2200. The number of fused-ring (bicyclic) bond motifs is 2. The Hall–Kier alpha value is -4.77. The number of hydrogen-bond acceptors (Lipinski definition) is 0. The summed E-state index contributed by atoms with van der Waals surface area (Å²) >= 11 is 0.